The highest BCUT2D eigenvalue weighted by atomic mass is 32.2. The lowest BCUT2D eigenvalue weighted by atomic mass is 10.2. The Labute approximate surface area is 213 Å². The first-order chi connectivity index (χ1) is 17.3. The largest absolute Gasteiger partial charge is 0.325 e. The number of rotatable bonds is 9. The van der Waals surface area contributed by atoms with Gasteiger partial charge in [-0.05, 0) is 61.9 Å². The Morgan fingerprint density at radius 1 is 1.03 bits per heavy atom. The highest BCUT2D eigenvalue weighted by Crippen LogP contribution is 2.26. The zero-order chi connectivity index (χ0) is 25.7. The van der Waals surface area contributed by atoms with Crippen LogP contribution in [0.4, 0.5) is 11.5 Å². The quantitative estimate of drug-likeness (QED) is 0.250. The molecule has 4 rings (SSSR count). The maximum Gasteiger partial charge on any atom is 0.263 e. The predicted molar refractivity (Wildman–Crippen MR) is 142 cm³/mol. The number of carbonyl (C=O) groups excluding carboxylic acids is 1. The van der Waals surface area contributed by atoms with E-state index >= 15 is 0 Å². The first kappa shape index (κ1) is 25.4. The van der Waals surface area contributed by atoms with Gasteiger partial charge in [0, 0.05) is 18.4 Å². The number of pyridine rings is 1. The molecule has 9 nitrogen and oxygen atoms in total. The zero-order valence-electron chi connectivity index (χ0n) is 19.7. The van der Waals surface area contributed by atoms with E-state index in [1.165, 1.54) is 42.2 Å². The SMILES string of the molecule is CCC(Sc1nc2ccccc2c(=O)n1CC)C(=O)Nc1ccc(S(=O)(=O)Nc2ccccn2)cc1. The molecule has 1 amide bonds. The van der Waals surface area contributed by atoms with Crippen LogP contribution in [0.3, 0.4) is 0 Å². The number of thioether (sulfide) groups is 1. The molecular formula is C25H25N5O4S2. The van der Waals surface area contributed by atoms with Gasteiger partial charge in [0.2, 0.25) is 5.91 Å². The van der Waals surface area contributed by atoms with Crippen molar-refractivity contribution in [3.63, 3.8) is 0 Å². The number of amides is 1. The lowest BCUT2D eigenvalue weighted by Crippen LogP contribution is -2.28. The summed E-state index contributed by atoms with van der Waals surface area (Å²) in [6.45, 7) is 4.17. The van der Waals surface area contributed by atoms with Crippen LogP contribution < -0.4 is 15.6 Å². The number of sulfonamides is 1. The maximum absolute atomic E-state index is 13.0. The van der Waals surface area contributed by atoms with Crippen molar-refractivity contribution in [1.82, 2.24) is 14.5 Å². The van der Waals surface area contributed by atoms with E-state index in [9.17, 15) is 18.0 Å². The van der Waals surface area contributed by atoms with Crippen LogP contribution in [0, 0.1) is 0 Å². The number of nitrogens with one attached hydrogen (secondary N) is 2. The molecule has 0 aliphatic rings. The number of nitrogens with zero attached hydrogens (tertiary/aromatic N) is 3. The lowest BCUT2D eigenvalue weighted by Gasteiger charge is -2.17. The molecule has 2 aromatic heterocycles. The summed E-state index contributed by atoms with van der Waals surface area (Å²) < 4.78 is 29.2. The smallest absolute Gasteiger partial charge is 0.263 e. The second-order valence-electron chi connectivity index (χ2n) is 7.81. The van der Waals surface area contributed by atoms with E-state index in [1.807, 2.05) is 19.9 Å². The van der Waals surface area contributed by atoms with Gasteiger partial charge in [0.05, 0.1) is 21.0 Å². The van der Waals surface area contributed by atoms with Crippen molar-refractivity contribution in [1.29, 1.82) is 0 Å². The summed E-state index contributed by atoms with van der Waals surface area (Å²) >= 11 is 1.23. The van der Waals surface area contributed by atoms with Gasteiger partial charge in [-0.1, -0.05) is 36.9 Å². The molecule has 2 N–H and O–H groups in total. The fourth-order valence-electron chi connectivity index (χ4n) is 3.53. The molecule has 0 spiro atoms. The van der Waals surface area contributed by atoms with E-state index < -0.39 is 15.3 Å². The van der Waals surface area contributed by atoms with E-state index in [1.54, 1.807) is 41.0 Å². The fraction of sp³-hybridized carbons (Fsp3) is 0.200. The van der Waals surface area contributed by atoms with Gasteiger partial charge in [-0.25, -0.2) is 18.4 Å². The molecule has 0 fully saturated rings. The molecule has 0 saturated heterocycles. The molecule has 2 heterocycles. The first-order valence-corrected chi connectivity index (χ1v) is 13.7. The molecule has 36 heavy (non-hydrogen) atoms. The number of benzene rings is 2. The molecule has 0 bridgehead atoms. The van der Waals surface area contributed by atoms with Crippen LogP contribution in [0.1, 0.15) is 20.3 Å². The monoisotopic (exact) mass is 523 g/mol. The van der Waals surface area contributed by atoms with Crippen LogP contribution in [0.15, 0.2) is 87.8 Å². The number of fused-ring (bicyclic) bond motifs is 1. The molecule has 4 aromatic rings. The summed E-state index contributed by atoms with van der Waals surface area (Å²) in [5.74, 6) is -0.0553. The molecular weight excluding hydrogens is 498 g/mol. The minimum Gasteiger partial charge on any atom is -0.325 e. The second-order valence-corrected chi connectivity index (χ2v) is 10.7. The standard InChI is InChI=1S/C25H25N5O4S2/c1-3-21(35-25-28-20-10-6-5-9-19(20)24(32)30(25)4-2)23(31)27-17-12-14-18(15-13-17)36(33,34)29-22-11-7-8-16-26-22/h5-16,21H,3-4H2,1-2H3,(H,26,29)(H,27,31). The number of anilines is 2. The van der Waals surface area contributed by atoms with Gasteiger partial charge in [-0.3, -0.25) is 18.9 Å². The molecule has 2 aromatic carbocycles. The maximum atomic E-state index is 13.0. The Hall–Kier alpha value is -3.70. The van der Waals surface area contributed by atoms with Crippen LogP contribution in [0.5, 0.6) is 0 Å². The third-order valence-electron chi connectivity index (χ3n) is 5.39. The van der Waals surface area contributed by atoms with Crippen molar-refractivity contribution >= 4 is 50.1 Å². The third kappa shape index (κ3) is 5.58. The first-order valence-electron chi connectivity index (χ1n) is 11.3. The fourth-order valence-corrected chi connectivity index (χ4v) is 5.61. The number of carbonyl (C=O) groups is 1. The Balaban J connectivity index is 1.49. The predicted octanol–water partition coefficient (Wildman–Crippen LogP) is 4.12. The average Bonchev–Trinajstić information content (AvgIpc) is 2.88. The second kappa shape index (κ2) is 10.9. The van der Waals surface area contributed by atoms with Crippen molar-refractivity contribution in [3.05, 3.63) is 83.3 Å². The van der Waals surface area contributed by atoms with Crippen LogP contribution in [0.2, 0.25) is 0 Å². The van der Waals surface area contributed by atoms with Crippen molar-refractivity contribution in [2.45, 2.75) is 42.1 Å². The number of para-hydroxylation sites is 1. The summed E-state index contributed by atoms with van der Waals surface area (Å²) in [6, 6.07) is 17.9. The van der Waals surface area contributed by atoms with E-state index in [2.05, 4.69) is 20.0 Å². The van der Waals surface area contributed by atoms with Gasteiger partial charge >= 0.3 is 0 Å². The minimum absolute atomic E-state index is 0.0416. The van der Waals surface area contributed by atoms with E-state index in [0.717, 1.165) is 0 Å². The van der Waals surface area contributed by atoms with Gasteiger partial charge in [0.1, 0.15) is 5.82 Å². The minimum atomic E-state index is -3.82. The van der Waals surface area contributed by atoms with Gasteiger partial charge in [-0.15, -0.1) is 0 Å². The van der Waals surface area contributed by atoms with Crippen LogP contribution in [-0.4, -0.2) is 34.1 Å². The van der Waals surface area contributed by atoms with Crippen LogP contribution in [0.25, 0.3) is 10.9 Å². The number of hydrogen-bond donors (Lipinski definition) is 2. The Bertz CT molecular complexity index is 1540. The molecule has 0 saturated carbocycles. The molecule has 0 aliphatic heterocycles. The van der Waals surface area contributed by atoms with Gasteiger partial charge < -0.3 is 5.32 Å². The van der Waals surface area contributed by atoms with Crippen molar-refractivity contribution in [2.75, 3.05) is 10.0 Å². The summed E-state index contributed by atoms with van der Waals surface area (Å²) in [7, 11) is -3.82. The van der Waals surface area contributed by atoms with E-state index in [4.69, 9.17) is 0 Å². The summed E-state index contributed by atoms with van der Waals surface area (Å²) in [5.41, 5.74) is 0.897. The molecule has 186 valence electrons. The van der Waals surface area contributed by atoms with Crippen molar-refractivity contribution in [2.24, 2.45) is 0 Å². The van der Waals surface area contributed by atoms with Crippen LogP contribution >= 0.6 is 11.8 Å². The highest BCUT2D eigenvalue weighted by molar-refractivity contribution is 8.00. The van der Waals surface area contributed by atoms with Gasteiger partial charge in [-0.2, -0.15) is 0 Å². The van der Waals surface area contributed by atoms with Crippen molar-refractivity contribution < 1.29 is 13.2 Å². The third-order valence-corrected chi connectivity index (χ3v) is 8.11. The zero-order valence-corrected chi connectivity index (χ0v) is 21.3. The molecule has 1 unspecified atom stereocenters. The average molecular weight is 524 g/mol. The van der Waals surface area contributed by atoms with Crippen LogP contribution in [-0.2, 0) is 21.4 Å². The summed E-state index contributed by atoms with van der Waals surface area (Å²) in [4.78, 5) is 34.6. The van der Waals surface area contributed by atoms with E-state index in [0.29, 0.717) is 34.7 Å². The van der Waals surface area contributed by atoms with Crippen molar-refractivity contribution in [3.8, 4) is 0 Å². The lowest BCUT2D eigenvalue weighted by molar-refractivity contribution is -0.115. The molecule has 11 heteroatoms. The molecule has 0 radical (unpaired) electrons. The molecule has 0 aliphatic carbocycles. The topological polar surface area (TPSA) is 123 Å². The number of aromatic nitrogens is 3. The van der Waals surface area contributed by atoms with Gasteiger partial charge in [0.15, 0.2) is 5.16 Å². The summed E-state index contributed by atoms with van der Waals surface area (Å²) in [5, 5.41) is 3.33. The van der Waals surface area contributed by atoms with E-state index in [-0.39, 0.29) is 22.2 Å². The molecule has 1 atom stereocenters. The Kier molecular flexibility index (Phi) is 7.70. The van der Waals surface area contributed by atoms with Gasteiger partial charge in [0.25, 0.3) is 15.6 Å². The Morgan fingerprint density at radius 2 is 1.75 bits per heavy atom. The number of hydrogen-bond acceptors (Lipinski definition) is 7. The summed E-state index contributed by atoms with van der Waals surface area (Å²) in [6.07, 6.45) is 2.00. The highest BCUT2D eigenvalue weighted by Gasteiger charge is 2.22. The Morgan fingerprint density at radius 3 is 2.42 bits per heavy atom. The normalized spacial score (nSPS) is 12.3.